The smallest absolute Gasteiger partial charge is 0.249 e. The SMILES string of the molecule is CCCN1CC=C[C@]2(C)O[C@]34C=CCN(Cc5ccccc5)C(=O)C3N([C@@H](CC)CO)C(=O)[C@@H]4[C@@H]2C1=O. The molecule has 1 N–H and O–H groups in total. The first-order valence-electron chi connectivity index (χ1n) is 13.4. The summed E-state index contributed by atoms with van der Waals surface area (Å²) >= 11 is 0. The van der Waals surface area contributed by atoms with Crippen LogP contribution in [0.2, 0.25) is 0 Å². The lowest BCUT2D eigenvalue weighted by molar-refractivity contribution is -0.156. The van der Waals surface area contributed by atoms with Crippen molar-refractivity contribution in [3.05, 3.63) is 60.2 Å². The Morgan fingerprint density at radius 3 is 2.35 bits per heavy atom. The fourth-order valence-corrected chi connectivity index (χ4v) is 6.78. The van der Waals surface area contributed by atoms with Crippen LogP contribution in [0.4, 0.5) is 0 Å². The normalized spacial score (nSPS) is 33.8. The number of carbonyl (C=O) groups is 3. The van der Waals surface area contributed by atoms with Gasteiger partial charge in [0.25, 0.3) is 0 Å². The Labute approximate surface area is 218 Å². The third kappa shape index (κ3) is 3.92. The van der Waals surface area contributed by atoms with E-state index in [0.29, 0.717) is 32.6 Å². The van der Waals surface area contributed by atoms with Gasteiger partial charge in [0.1, 0.15) is 11.6 Å². The lowest BCUT2D eigenvalue weighted by Gasteiger charge is -2.40. The van der Waals surface area contributed by atoms with Crippen molar-refractivity contribution in [2.24, 2.45) is 11.8 Å². The Hall–Kier alpha value is -2.97. The first kappa shape index (κ1) is 25.7. The third-order valence-electron chi connectivity index (χ3n) is 8.45. The molecule has 0 aliphatic carbocycles. The Morgan fingerprint density at radius 1 is 0.973 bits per heavy atom. The molecule has 0 aromatic heterocycles. The molecule has 0 bridgehead atoms. The predicted molar refractivity (Wildman–Crippen MR) is 138 cm³/mol. The van der Waals surface area contributed by atoms with Crippen LogP contribution in [0.15, 0.2) is 54.6 Å². The summed E-state index contributed by atoms with van der Waals surface area (Å²) in [6, 6.07) is 8.23. The van der Waals surface area contributed by atoms with Gasteiger partial charge in [-0.2, -0.15) is 0 Å². The van der Waals surface area contributed by atoms with Crippen molar-refractivity contribution in [3.8, 4) is 0 Å². The highest BCUT2D eigenvalue weighted by Crippen LogP contribution is 2.58. The van der Waals surface area contributed by atoms with Gasteiger partial charge < -0.3 is 24.5 Å². The fraction of sp³-hybridized carbons (Fsp3) is 0.552. The Bertz CT molecular complexity index is 1120. The predicted octanol–water partition coefficient (Wildman–Crippen LogP) is 2.14. The molecule has 4 aliphatic rings. The van der Waals surface area contributed by atoms with Crippen LogP contribution in [-0.4, -0.2) is 87.1 Å². The lowest BCUT2D eigenvalue weighted by atomic mass is 9.74. The highest BCUT2D eigenvalue weighted by molar-refractivity contribution is 6.00. The minimum absolute atomic E-state index is 0.117. The minimum atomic E-state index is -1.29. The van der Waals surface area contributed by atoms with Crippen LogP contribution in [0.25, 0.3) is 0 Å². The highest BCUT2D eigenvalue weighted by atomic mass is 16.5. The number of aliphatic hydroxyl groups excluding tert-OH is 1. The Balaban J connectivity index is 1.62. The Kier molecular flexibility index (Phi) is 6.75. The van der Waals surface area contributed by atoms with Crippen LogP contribution in [0.5, 0.6) is 0 Å². The molecule has 198 valence electrons. The number of benzene rings is 1. The third-order valence-corrected chi connectivity index (χ3v) is 8.45. The number of ether oxygens (including phenoxy) is 1. The van der Waals surface area contributed by atoms with Gasteiger partial charge >= 0.3 is 0 Å². The van der Waals surface area contributed by atoms with Crippen LogP contribution in [-0.2, 0) is 25.7 Å². The highest BCUT2D eigenvalue weighted by Gasteiger charge is 2.75. The maximum Gasteiger partial charge on any atom is 0.249 e. The molecule has 1 aromatic rings. The quantitative estimate of drug-likeness (QED) is 0.571. The van der Waals surface area contributed by atoms with Gasteiger partial charge in [-0.1, -0.05) is 68.5 Å². The molecule has 37 heavy (non-hydrogen) atoms. The van der Waals surface area contributed by atoms with E-state index in [0.717, 1.165) is 12.0 Å². The molecule has 1 spiro atoms. The van der Waals surface area contributed by atoms with Gasteiger partial charge in [-0.15, -0.1) is 0 Å². The molecule has 8 heteroatoms. The summed E-state index contributed by atoms with van der Waals surface area (Å²) in [7, 11) is 0. The van der Waals surface area contributed by atoms with E-state index < -0.39 is 35.1 Å². The molecule has 1 unspecified atom stereocenters. The van der Waals surface area contributed by atoms with Crippen molar-refractivity contribution >= 4 is 17.7 Å². The number of hydrogen-bond donors (Lipinski definition) is 1. The minimum Gasteiger partial charge on any atom is -0.394 e. The molecule has 2 fully saturated rings. The van der Waals surface area contributed by atoms with Gasteiger partial charge in [-0.25, -0.2) is 0 Å². The van der Waals surface area contributed by atoms with Gasteiger partial charge in [-0.05, 0) is 25.3 Å². The fourth-order valence-electron chi connectivity index (χ4n) is 6.78. The zero-order valence-corrected chi connectivity index (χ0v) is 21.9. The van der Waals surface area contributed by atoms with Crippen molar-refractivity contribution in [1.29, 1.82) is 0 Å². The number of aliphatic hydroxyl groups is 1. The zero-order chi connectivity index (χ0) is 26.4. The molecule has 6 atom stereocenters. The number of likely N-dealkylation sites (tertiary alicyclic amines) is 1. The molecular formula is C29H37N3O5. The van der Waals surface area contributed by atoms with E-state index in [-0.39, 0.29) is 24.3 Å². The maximum atomic E-state index is 14.3. The number of carbonyl (C=O) groups excluding carboxylic acids is 3. The molecule has 2 saturated heterocycles. The van der Waals surface area contributed by atoms with Crippen molar-refractivity contribution in [1.82, 2.24) is 14.7 Å². The number of nitrogens with zero attached hydrogens (tertiary/aromatic N) is 3. The summed E-state index contributed by atoms with van der Waals surface area (Å²) in [4.78, 5) is 47.6. The summed E-state index contributed by atoms with van der Waals surface area (Å²) in [5.41, 5.74) is -1.33. The molecule has 3 amide bonds. The number of rotatable bonds is 7. The summed E-state index contributed by atoms with van der Waals surface area (Å²) < 4.78 is 6.82. The monoisotopic (exact) mass is 507 g/mol. The largest absolute Gasteiger partial charge is 0.394 e. The van der Waals surface area contributed by atoms with E-state index in [9.17, 15) is 19.5 Å². The van der Waals surface area contributed by atoms with Crippen LogP contribution in [0, 0.1) is 11.8 Å². The van der Waals surface area contributed by atoms with E-state index in [2.05, 4.69) is 0 Å². The second kappa shape index (κ2) is 9.72. The van der Waals surface area contributed by atoms with Crippen LogP contribution in [0.3, 0.4) is 0 Å². The standard InChI is InChI=1S/C29H37N3O5/c1-4-15-30-16-9-13-28(3)22(25(30)34)23-26(35)32(21(5-2)19-33)24-27(36)31(17-10-14-29(23,24)37-28)18-20-11-7-6-8-12-20/h6-14,21-24,33H,4-5,15-19H2,1-3H3/t21-,22+,23-,24?,28-,29-/m0/s1. The second-order valence-electron chi connectivity index (χ2n) is 10.8. The van der Waals surface area contributed by atoms with Gasteiger partial charge in [-0.3, -0.25) is 14.4 Å². The summed E-state index contributed by atoms with van der Waals surface area (Å²) in [6.07, 6.45) is 8.89. The summed E-state index contributed by atoms with van der Waals surface area (Å²) in [6.45, 7) is 7.32. The number of hydrogen-bond acceptors (Lipinski definition) is 5. The number of amides is 3. The molecule has 5 rings (SSSR count). The topological polar surface area (TPSA) is 90.4 Å². The molecule has 0 radical (unpaired) electrons. The molecule has 4 heterocycles. The first-order chi connectivity index (χ1) is 17.8. The molecule has 4 aliphatic heterocycles. The van der Waals surface area contributed by atoms with E-state index in [4.69, 9.17) is 4.74 Å². The first-order valence-corrected chi connectivity index (χ1v) is 13.4. The van der Waals surface area contributed by atoms with Crippen LogP contribution >= 0.6 is 0 Å². The molecule has 0 saturated carbocycles. The average molecular weight is 508 g/mol. The van der Waals surface area contributed by atoms with Crippen LogP contribution in [0.1, 0.15) is 39.2 Å². The van der Waals surface area contributed by atoms with Gasteiger partial charge in [0.2, 0.25) is 17.7 Å². The average Bonchev–Trinajstić information content (AvgIpc) is 3.17. The molecular weight excluding hydrogens is 470 g/mol. The summed E-state index contributed by atoms with van der Waals surface area (Å²) in [5.74, 6) is -2.24. The van der Waals surface area contributed by atoms with Crippen molar-refractivity contribution in [3.63, 3.8) is 0 Å². The van der Waals surface area contributed by atoms with E-state index in [1.54, 1.807) is 9.80 Å². The van der Waals surface area contributed by atoms with Crippen LogP contribution < -0.4 is 0 Å². The lowest BCUT2D eigenvalue weighted by Crippen LogP contribution is -2.58. The van der Waals surface area contributed by atoms with E-state index >= 15 is 0 Å². The zero-order valence-electron chi connectivity index (χ0n) is 21.9. The molecule has 8 nitrogen and oxygen atoms in total. The Morgan fingerprint density at radius 2 is 1.68 bits per heavy atom. The van der Waals surface area contributed by atoms with Gasteiger partial charge in [0, 0.05) is 26.2 Å². The van der Waals surface area contributed by atoms with E-state index in [1.165, 1.54) is 4.90 Å². The van der Waals surface area contributed by atoms with Crippen molar-refractivity contribution < 1.29 is 24.2 Å². The van der Waals surface area contributed by atoms with Gasteiger partial charge in [0.15, 0.2) is 0 Å². The van der Waals surface area contributed by atoms with Crippen molar-refractivity contribution in [2.75, 3.05) is 26.2 Å². The maximum absolute atomic E-state index is 14.3. The molecule has 1 aromatic carbocycles. The van der Waals surface area contributed by atoms with Crippen molar-refractivity contribution in [2.45, 2.75) is 63.4 Å². The number of fused-ring (bicyclic) bond motifs is 2. The van der Waals surface area contributed by atoms with E-state index in [1.807, 2.05) is 75.4 Å². The summed E-state index contributed by atoms with van der Waals surface area (Å²) in [5, 5.41) is 10.2. The van der Waals surface area contributed by atoms with Gasteiger partial charge in [0.05, 0.1) is 30.1 Å². The second-order valence-corrected chi connectivity index (χ2v) is 10.8.